The van der Waals surface area contributed by atoms with E-state index in [1.54, 1.807) is 24.5 Å². The molecule has 1 spiro atoms. The van der Waals surface area contributed by atoms with E-state index in [0.717, 1.165) is 11.6 Å². The van der Waals surface area contributed by atoms with Crippen LogP contribution in [0.5, 0.6) is 5.75 Å². The number of rotatable bonds is 4. The largest absolute Gasteiger partial charge is 0.487 e. The highest BCUT2D eigenvalue weighted by Gasteiger charge is 2.43. The third kappa shape index (κ3) is 4.73. The molecule has 1 fully saturated rings. The van der Waals surface area contributed by atoms with Crippen molar-refractivity contribution in [2.45, 2.75) is 43.9 Å². The summed E-state index contributed by atoms with van der Waals surface area (Å²) in [7, 11) is 0. The fourth-order valence-corrected chi connectivity index (χ4v) is 5.03. The van der Waals surface area contributed by atoms with Crippen LogP contribution >= 0.6 is 0 Å². The van der Waals surface area contributed by atoms with Crippen LogP contribution in [-0.4, -0.2) is 44.1 Å². The van der Waals surface area contributed by atoms with Gasteiger partial charge in [-0.1, -0.05) is 12.1 Å². The zero-order valence-corrected chi connectivity index (χ0v) is 19.8. The van der Waals surface area contributed by atoms with E-state index in [2.05, 4.69) is 30.3 Å². The molecule has 5 heterocycles. The summed E-state index contributed by atoms with van der Waals surface area (Å²) >= 11 is 0. The van der Waals surface area contributed by atoms with Crippen molar-refractivity contribution in [3.05, 3.63) is 77.4 Å². The summed E-state index contributed by atoms with van der Waals surface area (Å²) in [5.41, 5.74) is 0.644. The summed E-state index contributed by atoms with van der Waals surface area (Å²) in [6.07, 6.45) is 1.84. The smallest absolute Gasteiger partial charge is 0.416 e. The van der Waals surface area contributed by atoms with E-state index in [4.69, 9.17) is 9.15 Å². The Bertz CT molecular complexity index is 1380. The van der Waals surface area contributed by atoms with Crippen molar-refractivity contribution < 1.29 is 22.3 Å². The van der Waals surface area contributed by atoms with E-state index in [-0.39, 0.29) is 5.56 Å². The molecule has 2 aliphatic heterocycles. The Morgan fingerprint density at radius 1 is 0.919 bits per heavy atom. The Balaban J connectivity index is 1.10. The normalized spacial score (nSPS) is 16.9. The molecule has 1 aromatic carbocycles. The molecule has 0 amide bonds. The number of benzene rings is 1. The number of alkyl halides is 3. The molecule has 4 aromatic rings. The molecule has 190 valence electrons. The van der Waals surface area contributed by atoms with Gasteiger partial charge in [-0.2, -0.15) is 13.2 Å². The lowest BCUT2D eigenvalue weighted by Gasteiger charge is -2.45. The Kier molecular flexibility index (Phi) is 5.77. The molecule has 3 aromatic heterocycles. The van der Waals surface area contributed by atoms with E-state index in [9.17, 15) is 13.2 Å². The monoisotopic (exact) mass is 508 g/mol. The Labute approximate surface area is 210 Å². The highest BCUT2D eigenvalue weighted by atomic mass is 19.4. The van der Waals surface area contributed by atoms with Gasteiger partial charge in [0.15, 0.2) is 5.82 Å². The van der Waals surface area contributed by atoms with Gasteiger partial charge in [0.1, 0.15) is 17.0 Å². The van der Waals surface area contributed by atoms with Crippen molar-refractivity contribution in [2.24, 2.45) is 0 Å². The molecule has 6 rings (SSSR count). The van der Waals surface area contributed by atoms with Crippen LogP contribution in [0.1, 0.15) is 41.8 Å². The first-order valence-corrected chi connectivity index (χ1v) is 12.1. The van der Waals surface area contributed by atoms with Crippen LogP contribution in [0.3, 0.4) is 0 Å². The molecule has 11 heteroatoms. The summed E-state index contributed by atoms with van der Waals surface area (Å²) in [5.74, 6) is 1.82. The highest BCUT2D eigenvalue weighted by molar-refractivity contribution is 5.50. The maximum Gasteiger partial charge on any atom is 0.416 e. The van der Waals surface area contributed by atoms with Crippen LogP contribution in [0.4, 0.5) is 19.0 Å². The number of piperidine rings is 1. The van der Waals surface area contributed by atoms with Gasteiger partial charge in [-0.3, -0.25) is 4.98 Å². The Morgan fingerprint density at radius 2 is 1.78 bits per heavy atom. The summed E-state index contributed by atoms with van der Waals surface area (Å²) in [5, 5.41) is 16.8. The summed E-state index contributed by atoms with van der Waals surface area (Å²) in [6, 6.07) is 11.6. The van der Waals surface area contributed by atoms with Gasteiger partial charge < -0.3 is 14.1 Å². The molecule has 0 saturated carbocycles. The first-order chi connectivity index (χ1) is 17.9. The van der Waals surface area contributed by atoms with Gasteiger partial charge in [0, 0.05) is 43.9 Å². The second kappa shape index (κ2) is 9.13. The number of nitrogens with zero attached hydrogens (tertiary/aromatic N) is 6. The predicted molar refractivity (Wildman–Crippen MR) is 127 cm³/mol. The van der Waals surface area contributed by atoms with Gasteiger partial charge in [0.05, 0.1) is 12.0 Å². The average Bonchev–Trinajstić information content (AvgIpc) is 3.37. The molecule has 0 unspecified atom stereocenters. The number of aromatic nitrogens is 5. The zero-order chi connectivity index (χ0) is 25.5. The molecule has 37 heavy (non-hydrogen) atoms. The molecule has 0 radical (unpaired) electrons. The second-order valence-corrected chi connectivity index (χ2v) is 9.37. The Morgan fingerprint density at radius 3 is 2.51 bits per heavy atom. The topological polar surface area (TPSA) is 90.1 Å². The average molecular weight is 509 g/mol. The molecule has 0 N–H and O–H groups in total. The maximum absolute atomic E-state index is 13.4. The summed E-state index contributed by atoms with van der Waals surface area (Å²) in [6.45, 7) is 1.33. The number of anilines is 1. The zero-order valence-electron chi connectivity index (χ0n) is 19.8. The number of halogens is 3. The Hall–Kier alpha value is -4.02. The minimum atomic E-state index is -4.38. The summed E-state index contributed by atoms with van der Waals surface area (Å²) < 4.78 is 52.1. The number of hydrogen-bond donors (Lipinski definition) is 0. The number of fused-ring (bicyclic) bond motifs is 1. The van der Waals surface area contributed by atoms with Crippen LogP contribution in [0.25, 0.3) is 11.6 Å². The molecular weight excluding hydrogens is 485 g/mol. The van der Waals surface area contributed by atoms with Crippen molar-refractivity contribution in [3.63, 3.8) is 0 Å². The van der Waals surface area contributed by atoms with Gasteiger partial charge in [-0.25, -0.2) is 0 Å². The van der Waals surface area contributed by atoms with Crippen molar-refractivity contribution in [2.75, 3.05) is 18.0 Å². The van der Waals surface area contributed by atoms with Gasteiger partial charge in [0.2, 0.25) is 5.89 Å². The van der Waals surface area contributed by atoms with E-state index >= 15 is 0 Å². The van der Waals surface area contributed by atoms with Gasteiger partial charge in [-0.15, -0.1) is 20.4 Å². The molecular formula is C26H23F3N6O2. The van der Waals surface area contributed by atoms with Crippen LogP contribution in [-0.2, 0) is 19.0 Å². The molecule has 0 atom stereocenters. The molecule has 2 aliphatic rings. The summed E-state index contributed by atoms with van der Waals surface area (Å²) in [4.78, 5) is 6.19. The lowest BCUT2D eigenvalue weighted by atomic mass is 9.82. The van der Waals surface area contributed by atoms with E-state index in [0.29, 0.717) is 74.2 Å². The second-order valence-electron chi connectivity index (χ2n) is 9.37. The number of ether oxygens (including phenoxy) is 1. The quantitative estimate of drug-likeness (QED) is 0.385. The highest BCUT2D eigenvalue weighted by Crippen LogP contribution is 2.44. The van der Waals surface area contributed by atoms with Crippen LogP contribution in [0.2, 0.25) is 0 Å². The van der Waals surface area contributed by atoms with Crippen molar-refractivity contribution in [1.82, 2.24) is 25.4 Å². The van der Waals surface area contributed by atoms with E-state index in [1.165, 1.54) is 6.07 Å². The van der Waals surface area contributed by atoms with Gasteiger partial charge >= 0.3 is 6.18 Å². The van der Waals surface area contributed by atoms with Gasteiger partial charge in [0.25, 0.3) is 5.89 Å². The van der Waals surface area contributed by atoms with Crippen LogP contribution in [0.15, 0.2) is 59.3 Å². The number of pyridine rings is 1. The fourth-order valence-electron chi connectivity index (χ4n) is 5.03. The first kappa shape index (κ1) is 23.4. The van der Waals surface area contributed by atoms with Crippen LogP contribution < -0.4 is 9.64 Å². The minimum absolute atomic E-state index is 0.258. The van der Waals surface area contributed by atoms with Crippen molar-refractivity contribution in [1.29, 1.82) is 0 Å². The van der Waals surface area contributed by atoms with Crippen molar-refractivity contribution in [3.8, 4) is 17.3 Å². The molecule has 8 nitrogen and oxygen atoms in total. The lowest BCUT2D eigenvalue weighted by Crippen LogP contribution is -2.50. The molecule has 1 saturated heterocycles. The van der Waals surface area contributed by atoms with E-state index < -0.39 is 17.3 Å². The van der Waals surface area contributed by atoms with Gasteiger partial charge in [-0.05, 0) is 48.7 Å². The third-order valence-corrected chi connectivity index (χ3v) is 7.01. The third-order valence-electron chi connectivity index (χ3n) is 7.01. The fraction of sp³-hybridized carbons (Fsp3) is 0.346. The first-order valence-electron chi connectivity index (χ1n) is 12.1. The molecule has 0 aliphatic carbocycles. The maximum atomic E-state index is 13.4. The predicted octanol–water partition coefficient (Wildman–Crippen LogP) is 4.90. The standard InChI is InChI=1S/C26H23F3N6O2/c27-26(28,29)19-4-1-5-21-18(19)8-9-25(37-21)10-13-35(14-11-25)22-7-6-20(31-32-22)24-34-33-23(36-24)15-17-3-2-12-30-16-17/h1-7,12,16H,8-11,13-15H2. The minimum Gasteiger partial charge on any atom is -0.487 e. The number of hydrogen-bond acceptors (Lipinski definition) is 8. The van der Waals surface area contributed by atoms with Crippen molar-refractivity contribution >= 4 is 5.82 Å². The molecule has 0 bridgehead atoms. The van der Waals surface area contributed by atoms with Crippen LogP contribution in [0, 0.1) is 0 Å². The lowest BCUT2D eigenvalue weighted by molar-refractivity contribution is -0.139. The SMILES string of the molecule is FC(F)(F)c1cccc2c1CCC1(CCN(c3ccc(-c4nnc(Cc5cccnc5)o4)nn3)CC1)O2. The van der Waals surface area contributed by atoms with E-state index in [1.807, 2.05) is 18.2 Å².